The molecule has 0 amide bonds. The van der Waals surface area contributed by atoms with Crippen LogP contribution >= 0.6 is 0 Å². The van der Waals surface area contributed by atoms with E-state index in [2.05, 4.69) is 6.07 Å². The number of benzene rings is 1. The van der Waals surface area contributed by atoms with Crippen molar-refractivity contribution in [3.8, 4) is 11.8 Å². The zero-order valence-electron chi connectivity index (χ0n) is 9.53. The van der Waals surface area contributed by atoms with Gasteiger partial charge in [-0.1, -0.05) is 18.2 Å². The predicted molar refractivity (Wildman–Crippen MR) is 60.1 cm³/mol. The zero-order valence-corrected chi connectivity index (χ0v) is 9.53. The SMILES string of the molecule is CC(C)(O)C1(C#N)CCOc2ccccc21. The minimum absolute atomic E-state index is 0.467. The molecule has 1 aromatic carbocycles. The molecule has 1 aliphatic heterocycles. The summed E-state index contributed by atoms with van der Waals surface area (Å²) in [4.78, 5) is 0. The van der Waals surface area contributed by atoms with Crippen molar-refractivity contribution in [2.24, 2.45) is 0 Å². The lowest BCUT2D eigenvalue weighted by Gasteiger charge is -2.41. The molecule has 0 bridgehead atoms. The number of hydrogen-bond acceptors (Lipinski definition) is 3. The summed E-state index contributed by atoms with van der Waals surface area (Å²) in [5.74, 6) is 0.706. The second-order valence-corrected chi connectivity index (χ2v) is 4.67. The van der Waals surface area contributed by atoms with Crippen molar-refractivity contribution >= 4 is 0 Å². The van der Waals surface area contributed by atoms with Crippen LogP contribution < -0.4 is 4.74 Å². The standard InChI is InChI=1S/C13H15NO2/c1-12(2,15)13(9-14)7-8-16-11-6-4-3-5-10(11)13/h3-6,15H,7-8H2,1-2H3. The highest BCUT2D eigenvalue weighted by molar-refractivity contribution is 5.47. The van der Waals surface area contributed by atoms with Gasteiger partial charge in [-0.05, 0) is 19.9 Å². The van der Waals surface area contributed by atoms with Crippen LogP contribution in [0, 0.1) is 11.3 Å². The van der Waals surface area contributed by atoms with Crippen LogP contribution in [-0.4, -0.2) is 17.3 Å². The Hall–Kier alpha value is -1.53. The minimum Gasteiger partial charge on any atom is -0.493 e. The first-order valence-electron chi connectivity index (χ1n) is 5.37. The Morgan fingerprint density at radius 2 is 2.12 bits per heavy atom. The van der Waals surface area contributed by atoms with Gasteiger partial charge in [0.25, 0.3) is 0 Å². The van der Waals surface area contributed by atoms with Gasteiger partial charge in [0.1, 0.15) is 11.2 Å². The van der Waals surface area contributed by atoms with Crippen molar-refractivity contribution < 1.29 is 9.84 Å². The third kappa shape index (κ3) is 1.38. The molecule has 0 fully saturated rings. The van der Waals surface area contributed by atoms with Crippen molar-refractivity contribution in [2.45, 2.75) is 31.3 Å². The fraction of sp³-hybridized carbons (Fsp3) is 0.462. The quantitative estimate of drug-likeness (QED) is 0.782. The van der Waals surface area contributed by atoms with Gasteiger partial charge in [-0.15, -0.1) is 0 Å². The largest absolute Gasteiger partial charge is 0.493 e. The summed E-state index contributed by atoms with van der Waals surface area (Å²) < 4.78 is 5.51. The van der Waals surface area contributed by atoms with Crippen molar-refractivity contribution in [1.29, 1.82) is 5.26 Å². The molecule has 2 rings (SSSR count). The summed E-state index contributed by atoms with van der Waals surface area (Å²) in [6, 6.07) is 9.72. The molecule has 1 aliphatic rings. The van der Waals surface area contributed by atoms with Crippen LogP contribution in [0.15, 0.2) is 24.3 Å². The van der Waals surface area contributed by atoms with E-state index >= 15 is 0 Å². The fourth-order valence-corrected chi connectivity index (χ4v) is 2.28. The molecule has 16 heavy (non-hydrogen) atoms. The van der Waals surface area contributed by atoms with Crippen LogP contribution in [-0.2, 0) is 5.41 Å². The number of para-hydroxylation sites is 1. The van der Waals surface area contributed by atoms with E-state index in [0.717, 1.165) is 5.56 Å². The Morgan fingerprint density at radius 1 is 1.44 bits per heavy atom. The number of rotatable bonds is 1. The first-order valence-corrected chi connectivity index (χ1v) is 5.37. The first kappa shape index (κ1) is 11.0. The summed E-state index contributed by atoms with van der Waals surface area (Å²) in [6.07, 6.45) is 0.518. The van der Waals surface area contributed by atoms with Gasteiger partial charge in [-0.25, -0.2) is 0 Å². The fourth-order valence-electron chi connectivity index (χ4n) is 2.28. The summed E-state index contributed by atoms with van der Waals surface area (Å²) in [6.45, 7) is 3.82. The molecule has 0 saturated heterocycles. The second-order valence-electron chi connectivity index (χ2n) is 4.67. The van der Waals surface area contributed by atoms with Crippen LogP contribution in [0.4, 0.5) is 0 Å². The van der Waals surface area contributed by atoms with E-state index in [0.29, 0.717) is 18.8 Å². The highest BCUT2D eigenvalue weighted by Gasteiger charge is 2.49. The van der Waals surface area contributed by atoms with Crippen LogP contribution in [0.25, 0.3) is 0 Å². The van der Waals surface area contributed by atoms with E-state index in [1.54, 1.807) is 13.8 Å². The van der Waals surface area contributed by atoms with Crippen LogP contribution in [0.1, 0.15) is 25.8 Å². The second kappa shape index (κ2) is 3.50. The van der Waals surface area contributed by atoms with E-state index < -0.39 is 11.0 Å². The number of nitrogens with zero attached hydrogens (tertiary/aromatic N) is 1. The Balaban J connectivity index is 2.64. The number of ether oxygens (including phenoxy) is 1. The molecule has 0 radical (unpaired) electrons. The van der Waals surface area contributed by atoms with Gasteiger partial charge in [0.05, 0.1) is 18.3 Å². The maximum Gasteiger partial charge on any atom is 0.124 e. The Labute approximate surface area is 95.3 Å². The van der Waals surface area contributed by atoms with Crippen LogP contribution in [0.2, 0.25) is 0 Å². The van der Waals surface area contributed by atoms with Gasteiger partial charge in [0, 0.05) is 12.0 Å². The lowest BCUT2D eigenvalue weighted by Crippen LogP contribution is -2.49. The average Bonchev–Trinajstić information content (AvgIpc) is 2.26. The number of aliphatic hydroxyl groups is 1. The average molecular weight is 217 g/mol. The van der Waals surface area contributed by atoms with Gasteiger partial charge in [0.2, 0.25) is 0 Å². The highest BCUT2D eigenvalue weighted by Crippen LogP contribution is 2.45. The van der Waals surface area contributed by atoms with Gasteiger partial charge < -0.3 is 9.84 Å². The molecule has 1 atom stereocenters. The summed E-state index contributed by atoms with van der Waals surface area (Å²) >= 11 is 0. The maximum atomic E-state index is 10.3. The van der Waals surface area contributed by atoms with E-state index in [1.807, 2.05) is 24.3 Å². The Morgan fingerprint density at radius 3 is 2.75 bits per heavy atom. The molecule has 84 valence electrons. The molecule has 3 nitrogen and oxygen atoms in total. The van der Waals surface area contributed by atoms with Crippen molar-refractivity contribution in [3.05, 3.63) is 29.8 Å². The molecule has 3 heteroatoms. The first-order chi connectivity index (χ1) is 7.51. The Bertz CT molecular complexity index is 442. The molecule has 0 spiro atoms. The monoisotopic (exact) mass is 217 g/mol. The lowest BCUT2D eigenvalue weighted by molar-refractivity contribution is 0.000974. The van der Waals surface area contributed by atoms with Crippen molar-refractivity contribution in [3.63, 3.8) is 0 Å². The molecule has 1 unspecified atom stereocenters. The van der Waals surface area contributed by atoms with Crippen molar-refractivity contribution in [1.82, 2.24) is 0 Å². The normalized spacial score (nSPS) is 24.1. The number of hydrogen-bond donors (Lipinski definition) is 1. The van der Waals surface area contributed by atoms with Gasteiger partial charge >= 0.3 is 0 Å². The topological polar surface area (TPSA) is 53.2 Å². The van der Waals surface area contributed by atoms with Gasteiger partial charge in [-0.2, -0.15) is 5.26 Å². The number of nitriles is 1. The van der Waals surface area contributed by atoms with E-state index in [4.69, 9.17) is 4.74 Å². The molecule has 0 aliphatic carbocycles. The molecule has 0 aromatic heterocycles. The van der Waals surface area contributed by atoms with Crippen LogP contribution in [0.5, 0.6) is 5.75 Å². The smallest absolute Gasteiger partial charge is 0.124 e. The minimum atomic E-state index is -1.08. The van der Waals surface area contributed by atoms with Crippen LogP contribution in [0.3, 0.4) is 0 Å². The molecular formula is C13H15NO2. The van der Waals surface area contributed by atoms with E-state index in [-0.39, 0.29) is 0 Å². The highest BCUT2D eigenvalue weighted by atomic mass is 16.5. The molecule has 1 N–H and O–H groups in total. The number of fused-ring (bicyclic) bond motifs is 1. The summed E-state index contributed by atoms with van der Waals surface area (Å²) in [7, 11) is 0. The predicted octanol–water partition coefficient (Wildman–Crippen LogP) is 2.00. The maximum absolute atomic E-state index is 10.3. The summed E-state index contributed by atoms with van der Waals surface area (Å²) in [5, 5.41) is 19.7. The van der Waals surface area contributed by atoms with Gasteiger partial charge in [0.15, 0.2) is 0 Å². The molecule has 0 saturated carbocycles. The Kier molecular flexibility index (Phi) is 2.40. The molecule has 1 heterocycles. The summed E-state index contributed by atoms with van der Waals surface area (Å²) in [5.41, 5.74) is -1.17. The van der Waals surface area contributed by atoms with E-state index in [9.17, 15) is 10.4 Å². The van der Waals surface area contributed by atoms with E-state index in [1.165, 1.54) is 0 Å². The zero-order chi connectivity index (χ0) is 11.8. The lowest BCUT2D eigenvalue weighted by atomic mass is 9.66. The third-order valence-corrected chi connectivity index (χ3v) is 3.32. The molecule has 1 aromatic rings. The van der Waals surface area contributed by atoms with Gasteiger partial charge in [-0.3, -0.25) is 0 Å². The van der Waals surface area contributed by atoms with Crippen molar-refractivity contribution in [2.75, 3.05) is 6.61 Å². The molecular weight excluding hydrogens is 202 g/mol. The third-order valence-electron chi connectivity index (χ3n) is 3.32.